The quantitative estimate of drug-likeness (QED) is 0.506. The lowest BCUT2D eigenvalue weighted by Crippen LogP contribution is -2.31. The zero-order valence-electron chi connectivity index (χ0n) is 13.0. The molecule has 0 rings (SSSR count). The van der Waals surface area contributed by atoms with Crippen molar-refractivity contribution in [2.45, 2.75) is 59.3 Å². The molecular formula is C15H26O6. The molecule has 6 nitrogen and oxygen atoms in total. The van der Waals surface area contributed by atoms with E-state index < -0.39 is 29.2 Å². The Balaban J connectivity index is 4.25. The number of carboxylic acid groups (broad SMARTS) is 3. The molecule has 3 unspecified atom stereocenters. The lowest BCUT2D eigenvalue weighted by molar-refractivity contribution is -0.151. The molecule has 3 N–H and O–H groups in total. The van der Waals surface area contributed by atoms with Crippen LogP contribution in [0.4, 0.5) is 0 Å². The summed E-state index contributed by atoms with van der Waals surface area (Å²) in [5, 5.41) is 27.0. The van der Waals surface area contributed by atoms with Crippen LogP contribution in [-0.4, -0.2) is 33.2 Å². The summed E-state index contributed by atoms with van der Waals surface area (Å²) in [6.45, 7) is 4.74. The maximum atomic E-state index is 11.4. The zero-order valence-corrected chi connectivity index (χ0v) is 13.0. The van der Waals surface area contributed by atoms with E-state index in [1.165, 1.54) is 6.92 Å². The van der Waals surface area contributed by atoms with Gasteiger partial charge in [0, 0.05) is 0 Å². The van der Waals surface area contributed by atoms with Gasteiger partial charge in [-0.3, -0.25) is 14.4 Å². The molecule has 0 heterocycles. The van der Waals surface area contributed by atoms with E-state index in [1.807, 2.05) is 0 Å². The molecule has 0 saturated heterocycles. The Morgan fingerprint density at radius 2 is 1.43 bits per heavy atom. The van der Waals surface area contributed by atoms with E-state index in [4.69, 9.17) is 10.2 Å². The fraction of sp³-hybridized carbons (Fsp3) is 0.800. The molecule has 0 aromatic carbocycles. The maximum absolute atomic E-state index is 11.4. The van der Waals surface area contributed by atoms with Crippen molar-refractivity contribution in [1.82, 2.24) is 0 Å². The number of unbranched alkanes of at least 4 members (excludes halogenated alkanes) is 2. The van der Waals surface area contributed by atoms with Gasteiger partial charge in [-0.1, -0.05) is 33.1 Å². The second-order valence-electron chi connectivity index (χ2n) is 6.15. The molecule has 0 aromatic heterocycles. The van der Waals surface area contributed by atoms with Crippen molar-refractivity contribution in [3.63, 3.8) is 0 Å². The molecule has 6 heteroatoms. The van der Waals surface area contributed by atoms with E-state index in [0.29, 0.717) is 19.3 Å². The van der Waals surface area contributed by atoms with Crippen molar-refractivity contribution in [3.8, 4) is 0 Å². The minimum atomic E-state index is -1.05. The van der Waals surface area contributed by atoms with Gasteiger partial charge in [-0.05, 0) is 26.2 Å². The lowest BCUT2D eigenvalue weighted by atomic mass is 9.77. The first-order valence-electron chi connectivity index (χ1n) is 7.29. The number of rotatable bonds is 11. The third kappa shape index (κ3) is 7.11. The minimum absolute atomic E-state index is 0.100. The summed E-state index contributed by atoms with van der Waals surface area (Å²) >= 11 is 0. The van der Waals surface area contributed by atoms with Crippen molar-refractivity contribution in [3.05, 3.63) is 0 Å². The highest BCUT2D eigenvalue weighted by atomic mass is 16.4. The number of hydrogen-bond donors (Lipinski definition) is 3. The molecule has 0 saturated carbocycles. The summed E-state index contributed by atoms with van der Waals surface area (Å²) in [7, 11) is 0. The standard InChI is InChI=1S/C15H26O6/c1-10(12(16)17)7-5-4-6-8-15(3,14(20)21)9-11(2)13(18)19/h10-11H,4-9H2,1-3H3,(H,16,17)(H,18,19)(H,20,21). The van der Waals surface area contributed by atoms with Crippen LogP contribution < -0.4 is 0 Å². The first-order valence-corrected chi connectivity index (χ1v) is 7.29. The molecule has 3 atom stereocenters. The fourth-order valence-corrected chi connectivity index (χ4v) is 2.33. The van der Waals surface area contributed by atoms with Gasteiger partial charge in [0.25, 0.3) is 0 Å². The first kappa shape index (κ1) is 19.4. The van der Waals surface area contributed by atoms with Crippen molar-refractivity contribution < 1.29 is 29.7 Å². The Morgan fingerprint density at radius 3 is 1.86 bits per heavy atom. The Kier molecular flexibility index (Phi) is 7.99. The number of hydrogen-bond acceptors (Lipinski definition) is 3. The van der Waals surface area contributed by atoms with Gasteiger partial charge < -0.3 is 15.3 Å². The van der Waals surface area contributed by atoms with E-state index in [1.54, 1.807) is 13.8 Å². The predicted octanol–water partition coefficient (Wildman–Crippen LogP) is 2.86. The van der Waals surface area contributed by atoms with Crippen LogP contribution in [0.25, 0.3) is 0 Å². The van der Waals surface area contributed by atoms with Gasteiger partial charge in [0.15, 0.2) is 0 Å². The van der Waals surface area contributed by atoms with Crippen LogP contribution in [0.5, 0.6) is 0 Å². The number of carboxylic acids is 3. The van der Waals surface area contributed by atoms with Crippen LogP contribution in [0.1, 0.15) is 59.3 Å². The van der Waals surface area contributed by atoms with Crippen molar-refractivity contribution in [2.75, 3.05) is 0 Å². The van der Waals surface area contributed by atoms with E-state index in [2.05, 4.69) is 0 Å². The highest BCUT2D eigenvalue weighted by Gasteiger charge is 2.35. The summed E-state index contributed by atoms with van der Waals surface area (Å²) in [6, 6.07) is 0. The second-order valence-corrected chi connectivity index (χ2v) is 6.15. The van der Waals surface area contributed by atoms with Gasteiger partial charge in [-0.15, -0.1) is 0 Å². The van der Waals surface area contributed by atoms with E-state index in [-0.39, 0.29) is 12.3 Å². The molecule has 0 radical (unpaired) electrons. The smallest absolute Gasteiger partial charge is 0.309 e. The van der Waals surface area contributed by atoms with Crippen LogP contribution in [-0.2, 0) is 14.4 Å². The van der Waals surface area contributed by atoms with Crippen LogP contribution in [0.15, 0.2) is 0 Å². The summed E-state index contributed by atoms with van der Waals surface area (Å²) < 4.78 is 0. The van der Waals surface area contributed by atoms with Gasteiger partial charge in [0.1, 0.15) is 0 Å². The highest BCUT2D eigenvalue weighted by molar-refractivity contribution is 5.76. The third-order valence-electron chi connectivity index (χ3n) is 3.98. The summed E-state index contributed by atoms with van der Waals surface area (Å²) in [4.78, 5) is 32.9. The lowest BCUT2D eigenvalue weighted by Gasteiger charge is -2.26. The monoisotopic (exact) mass is 302 g/mol. The van der Waals surface area contributed by atoms with E-state index in [0.717, 1.165) is 12.8 Å². The Labute approximate surface area is 125 Å². The summed E-state index contributed by atoms with van der Waals surface area (Å²) in [5.74, 6) is -3.87. The van der Waals surface area contributed by atoms with Gasteiger partial charge >= 0.3 is 17.9 Å². The molecule has 0 aliphatic heterocycles. The van der Waals surface area contributed by atoms with Crippen LogP contribution in [0, 0.1) is 17.3 Å². The third-order valence-corrected chi connectivity index (χ3v) is 3.98. The number of aliphatic carboxylic acids is 3. The zero-order chi connectivity index (χ0) is 16.6. The maximum Gasteiger partial charge on any atom is 0.309 e. The van der Waals surface area contributed by atoms with Crippen molar-refractivity contribution in [2.24, 2.45) is 17.3 Å². The van der Waals surface area contributed by atoms with Gasteiger partial charge in [-0.2, -0.15) is 0 Å². The minimum Gasteiger partial charge on any atom is -0.481 e. The SMILES string of the molecule is CC(CCCCCC(C)(CC(C)C(=O)O)C(=O)O)C(=O)O. The number of carbonyl (C=O) groups is 3. The van der Waals surface area contributed by atoms with E-state index in [9.17, 15) is 19.5 Å². The molecule has 122 valence electrons. The Morgan fingerprint density at radius 1 is 0.905 bits per heavy atom. The normalized spacial score (nSPS) is 16.7. The second kappa shape index (κ2) is 8.64. The molecule has 0 fully saturated rings. The summed E-state index contributed by atoms with van der Waals surface area (Å²) in [6.07, 6.45) is 3.22. The molecule has 0 aromatic rings. The summed E-state index contributed by atoms with van der Waals surface area (Å²) in [5.41, 5.74) is -1.05. The predicted molar refractivity (Wildman–Crippen MR) is 77.0 cm³/mol. The van der Waals surface area contributed by atoms with E-state index >= 15 is 0 Å². The molecule has 21 heavy (non-hydrogen) atoms. The average molecular weight is 302 g/mol. The molecular weight excluding hydrogens is 276 g/mol. The van der Waals surface area contributed by atoms with Gasteiger partial charge in [-0.25, -0.2) is 0 Å². The largest absolute Gasteiger partial charge is 0.481 e. The van der Waals surface area contributed by atoms with Crippen molar-refractivity contribution >= 4 is 17.9 Å². The van der Waals surface area contributed by atoms with Crippen LogP contribution >= 0.6 is 0 Å². The fourth-order valence-electron chi connectivity index (χ4n) is 2.33. The topological polar surface area (TPSA) is 112 Å². The first-order chi connectivity index (χ1) is 9.60. The molecule has 0 spiro atoms. The van der Waals surface area contributed by atoms with Gasteiger partial charge in [0.05, 0.1) is 17.3 Å². The van der Waals surface area contributed by atoms with Crippen LogP contribution in [0.3, 0.4) is 0 Å². The Hall–Kier alpha value is -1.59. The molecule has 0 aliphatic carbocycles. The Bertz CT molecular complexity index is 378. The van der Waals surface area contributed by atoms with Crippen LogP contribution in [0.2, 0.25) is 0 Å². The highest BCUT2D eigenvalue weighted by Crippen LogP contribution is 2.33. The molecule has 0 amide bonds. The molecule has 0 aliphatic rings. The molecule has 0 bridgehead atoms. The average Bonchev–Trinajstić information content (AvgIpc) is 2.37. The van der Waals surface area contributed by atoms with Gasteiger partial charge in [0.2, 0.25) is 0 Å². The van der Waals surface area contributed by atoms with Crippen molar-refractivity contribution in [1.29, 1.82) is 0 Å².